The molecule has 156 valence electrons. The van der Waals surface area contributed by atoms with Crippen LogP contribution in [0.5, 0.6) is 5.75 Å². The molecule has 1 heterocycles. The van der Waals surface area contributed by atoms with Gasteiger partial charge in [0, 0.05) is 7.05 Å². The van der Waals surface area contributed by atoms with Crippen molar-refractivity contribution in [2.75, 3.05) is 25.2 Å². The van der Waals surface area contributed by atoms with Gasteiger partial charge >= 0.3 is 0 Å². The maximum absolute atomic E-state index is 12.8. The molecule has 1 aromatic heterocycles. The van der Waals surface area contributed by atoms with Crippen LogP contribution in [0.25, 0.3) is 0 Å². The van der Waals surface area contributed by atoms with Crippen LogP contribution in [0.2, 0.25) is 0 Å². The molecule has 0 saturated carbocycles. The number of carbonyl (C=O) groups excluding carboxylic acids is 1. The summed E-state index contributed by atoms with van der Waals surface area (Å²) in [6, 6.07) is 16.3. The molecule has 30 heavy (non-hydrogen) atoms. The average Bonchev–Trinajstić information content (AvgIpc) is 3.24. The van der Waals surface area contributed by atoms with Crippen molar-refractivity contribution < 1.29 is 9.53 Å². The minimum Gasteiger partial charge on any atom is -0.495 e. The van der Waals surface area contributed by atoms with Crippen molar-refractivity contribution in [1.29, 1.82) is 0 Å². The fourth-order valence-corrected chi connectivity index (χ4v) is 5.40. The molecule has 8 heteroatoms. The molecule has 0 spiro atoms. The zero-order valence-electron chi connectivity index (χ0n) is 17.0. The number of carbonyl (C=O) groups is 1. The van der Waals surface area contributed by atoms with Crippen LogP contribution < -0.4 is 10.1 Å². The highest BCUT2D eigenvalue weighted by Crippen LogP contribution is 2.35. The van der Waals surface area contributed by atoms with E-state index in [0.29, 0.717) is 10.9 Å². The van der Waals surface area contributed by atoms with Crippen LogP contribution in [0.1, 0.15) is 30.0 Å². The standard InChI is InChI=1S/C22H24N4O2S2/c1-26(18-12-7-9-15-8-3-4-10-16(15)18)20(27)14-29-22-25-24-21(30-22)23-17-11-5-6-13-19(17)28-2/h3-6,8,10-11,13,18H,7,9,12,14H2,1-2H3,(H,23,24)/t18-/m1/s1. The number of anilines is 2. The van der Waals surface area contributed by atoms with E-state index in [1.165, 1.54) is 34.2 Å². The van der Waals surface area contributed by atoms with Crippen LogP contribution in [-0.2, 0) is 11.2 Å². The third kappa shape index (κ3) is 4.60. The molecule has 1 N–H and O–H groups in total. The molecule has 1 amide bonds. The lowest BCUT2D eigenvalue weighted by molar-refractivity contribution is -0.129. The van der Waals surface area contributed by atoms with Crippen molar-refractivity contribution in [3.05, 3.63) is 59.7 Å². The second-order valence-corrected chi connectivity index (χ2v) is 9.30. The van der Waals surface area contributed by atoms with Crippen molar-refractivity contribution in [1.82, 2.24) is 15.1 Å². The summed E-state index contributed by atoms with van der Waals surface area (Å²) in [6.45, 7) is 0. The Hall–Kier alpha value is -2.58. The van der Waals surface area contributed by atoms with Gasteiger partial charge in [-0.05, 0) is 42.5 Å². The Bertz CT molecular complexity index is 1020. The third-order valence-electron chi connectivity index (χ3n) is 5.27. The van der Waals surface area contributed by atoms with Crippen molar-refractivity contribution in [2.45, 2.75) is 29.6 Å². The van der Waals surface area contributed by atoms with Crippen molar-refractivity contribution in [2.24, 2.45) is 0 Å². The minimum atomic E-state index is 0.108. The number of ether oxygens (including phenoxy) is 1. The molecule has 0 radical (unpaired) electrons. The summed E-state index contributed by atoms with van der Waals surface area (Å²) < 4.78 is 6.11. The Kier molecular flexibility index (Phi) is 6.54. The first-order valence-corrected chi connectivity index (χ1v) is 11.7. The summed E-state index contributed by atoms with van der Waals surface area (Å²) in [5, 5.41) is 12.3. The highest BCUT2D eigenvalue weighted by molar-refractivity contribution is 8.01. The number of amides is 1. The normalized spacial score (nSPS) is 15.3. The zero-order valence-corrected chi connectivity index (χ0v) is 18.6. The smallest absolute Gasteiger partial charge is 0.233 e. The molecular formula is C22H24N4O2S2. The van der Waals surface area contributed by atoms with Crippen molar-refractivity contribution in [3.8, 4) is 5.75 Å². The van der Waals surface area contributed by atoms with Crippen molar-refractivity contribution in [3.63, 3.8) is 0 Å². The number of rotatable bonds is 7. The Balaban J connectivity index is 1.36. The number of fused-ring (bicyclic) bond motifs is 1. The van der Waals surface area contributed by atoms with Crippen LogP contribution in [0.15, 0.2) is 52.9 Å². The minimum absolute atomic E-state index is 0.108. The fraction of sp³-hybridized carbons (Fsp3) is 0.318. The van der Waals surface area contributed by atoms with Crippen LogP contribution in [0, 0.1) is 0 Å². The molecule has 2 aromatic carbocycles. The number of benzene rings is 2. The summed E-state index contributed by atoms with van der Waals surface area (Å²) >= 11 is 2.85. The maximum atomic E-state index is 12.8. The van der Waals surface area contributed by atoms with Gasteiger partial charge in [0.2, 0.25) is 11.0 Å². The van der Waals surface area contributed by atoms with E-state index < -0.39 is 0 Å². The lowest BCUT2D eigenvalue weighted by Gasteiger charge is -2.33. The number of aromatic nitrogens is 2. The molecule has 6 nitrogen and oxygen atoms in total. The van der Waals surface area contributed by atoms with E-state index in [0.717, 1.165) is 35.0 Å². The Labute approximate surface area is 184 Å². The predicted molar refractivity (Wildman–Crippen MR) is 122 cm³/mol. The summed E-state index contributed by atoms with van der Waals surface area (Å²) in [5.74, 6) is 1.20. The van der Waals surface area contributed by atoms with Gasteiger partial charge in [-0.25, -0.2) is 0 Å². The molecule has 4 rings (SSSR count). The second-order valence-electron chi connectivity index (χ2n) is 7.10. The number of nitrogens with one attached hydrogen (secondary N) is 1. The van der Waals surface area contributed by atoms with Crippen LogP contribution in [0.3, 0.4) is 0 Å². The predicted octanol–water partition coefficient (Wildman–Crippen LogP) is 4.92. The maximum Gasteiger partial charge on any atom is 0.233 e. The van der Waals surface area contributed by atoms with Crippen LogP contribution >= 0.6 is 23.1 Å². The number of aryl methyl sites for hydroxylation is 1. The van der Waals surface area contributed by atoms with Crippen LogP contribution in [0.4, 0.5) is 10.8 Å². The Morgan fingerprint density at radius 1 is 1.23 bits per heavy atom. The van der Waals surface area contributed by atoms with Gasteiger partial charge in [0.05, 0.1) is 24.6 Å². The van der Waals surface area contributed by atoms with E-state index >= 15 is 0 Å². The van der Waals surface area contributed by atoms with Gasteiger partial charge < -0.3 is 15.0 Å². The van der Waals surface area contributed by atoms with E-state index in [2.05, 4.69) is 39.8 Å². The van der Waals surface area contributed by atoms with Gasteiger partial charge in [0.25, 0.3) is 0 Å². The molecule has 3 aromatic rings. The zero-order chi connectivity index (χ0) is 20.9. The highest BCUT2D eigenvalue weighted by Gasteiger charge is 2.26. The Morgan fingerprint density at radius 2 is 2.03 bits per heavy atom. The highest BCUT2D eigenvalue weighted by atomic mass is 32.2. The summed E-state index contributed by atoms with van der Waals surface area (Å²) in [7, 11) is 3.54. The van der Waals surface area contributed by atoms with E-state index in [-0.39, 0.29) is 11.9 Å². The second kappa shape index (κ2) is 9.49. The van der Waals surface area contributed by atoms with Crippen molar-refractivity contribution >= 4 is 39.8 Å². The first-order chi connectivity index (χ1) is 14.7. The topological polar surface area (TPSA) is 67.3 Å². The molecule has 0 fully saturated rings. The molecule has 1 aliphatic carbocycles. The number of methoxy groups -OCH3 is 1. The molecule has 0 bridgehead atoms. The number of hydrogen-bond acceptors (Lipinski definition) is 7. The van der Waals surface area contributed by atoms with Gasteiger partial charge in [0.1, 0.15) is 5.75 Å². The molecule has 1 atom stereocenters. The quantitative estimate of drug-likeness (QED) is 0.526. The summed E-state index contributed by atoms with van der Waals surface area (Å²) in [6.07, 6.45) is 3.22. The Morgan fingerprint density at radius 3 is 2.90 bits per heavy atom. The van der Waals surface area contributed by atoms with E-state index in [1.54, 1.807) is 7.11 Å². The van der Waals surface area contributed by atoms with E-state index in [4.69, 9.17) is 4.74 Å². The molecule has 0 saturated heterocycles. The van der Waals surface area contributed by atoms with E-state index in [1.807, 2.05) is 36.2 Å². The SMILES string of the molecule is COc1ccccc1Nc1nnc(SCC(=O)N(C)[C@@H]2CCCc3ccccc32)s1. The number of thioether (sulfide) groups is 1. The monoisotopic (exact) mass is 440 g/mol. The molecule has 1 aliphatic rings. The molecular weight excluding hydrogens is 416 g/mol. The van der Waals surface area contributed by atoms with Gasteiger partial charge in [-0.2, -0.15) is 0 Å². The van der Waals surface area contributed by atoms with Gasteiger partial charge in [-0.1, -0.05) is 59.5 Å². The average molecular weight is 441 g/mol. The van der Waals surface area contributed by atoms with Crippen LogP contribution in [-0.4, -0.2) is 40.9 Å². The lowest BCUT2D eigenvalue weighted by atomic mass is 9.87. The largest absolute Gasteiger partial charge is 0.495 e. The first kappa shape index (κ1) is 20.7. The fourth-order valence-electron chi connectivity index (χ4n) is 3.71. The third-order valence-corrected chi connectivity index (χ3v) is 7.23. The van der Waals surface area contributed by atoms with Gasteiger partial charge in [-0.15, -0.1) is 10.2 Å². The number of nitrogens with zero attached hydrogens (tertiary/aromatic N) is 3. The van der Waals surface area contributed by atoms with Gasteiger partial charge in [0.15, 0.2) is 4.34 Å². The lowest BCUT2D eigenvalue weighted by Crippen LogP contribution is -2.34. The molecule has 0 aliphatic heterocycles. The summed E-state index contributed by atoms with van der Waals surface area (Å²) in [5.41, 5.74) is 3.47. The number of hydrogen-bond donors (Lipinski definition) is 1. The molecule has 0 unspecified atom stereocenters. The summed E-state index contributed by atoms with van der Waals surface area (Å²) in [4.78, 5) is 14.7. The van der Waals surface area contributed by atoms with Gasteiger partial charge in [-0.3, -0.25) is 4.79 Å². The number of para-hydroxylation sites is 2. The van der Waals surface area contributed by atoms with E-state index in [9.17, 15) is 4.79 Å². The first-order valence-electron chi connectivity index (χ1n) is 9.85.